The second-order valence-electron chi connectivity index (χ2n) is 3.27. The van der Waals surface area contributed by atoms with Crippen LogP contribution in [0.15, 0.2) is 24.5 Å². The van der Waals surface area contributed by atoms with Crippen LogP contribution in [-0.2, 0) is 6.54 Å². The Morgan fingerprint density at radius 1 is 1.57 bits per heavy atom. The lowest BCUT2D eigenvalue weighted by Crippen LogP contribution is -1.95. The van der Waals surface area contributed by atoms with E-state index in [1.807, 2.05) is 22.9 Å². The molecule has 3 nitrogen and oxygen atoms in total. The summed E-state index contributed by atoms with van der Waals surface area (Å²) in [5, 5.41) is 0.941. The number of aldehydes is 1. The van der Waals surface area contributed by atoms with E-state index in [2.05, 4.69) is 11.9 Å². The van der Waals surface area contributed by atoms with Crippen molar-refractivity contribution < 1.29 is 4.79 Å². The lowest BCUT2D eigenvalue weighted by Gasteiger charge is -1.99. The van der Waals surface area contributed by atoms with Crippen molar-refractivity contribution in [1.82, 2.24) is 9.55 Å². The Kier molecular flexibility index (Phi) is 2.31. The second kappa shape index (κ2) is 3.62. The molecule has 14 heavy (non-hydrogen) atoms. The molecular formula is C11H12N2O. The Hall–Kier alpha value is -1.64. The molecule has 2 aromatic rings. The molecule has 2 rings (SSSR count). The van der Waals surface area contributed by atoms with E-state index >= 15 is 0 Å². The van der Waals surface area contributed by atoms with Gasteiger partial charge in [-0.25, -0.2) is 4.98 Å². The number of rotatable bonds is 3. The van der Waals surface area contributed by atoms with Gasteiger partial charge in [0.05, 0.1) is 0 Å². The number of aryl methyl sites for hydroxylation is 1. The van der Waals surface area contributed by atoms with E-state index in [1.54, 1.807) is 6.20 Å². The molecule has 0 fully saturated rings. The van der Waals surface area contributed by atoms with Crippen molar-refractivity contribution in [3.63, 3.8) is 0 Å². The Morgan fingerprint density at radius 2 is 2.43 bits per heavy atom. The summed E-state index contributed by atoms with van der Waals surface area (Å²) in [5.41, 5.74) is 1.62. The lowest BCUT2D eigenvalue weighted by atomic mass is 10.2. The third-order valence-corrected chi connectivity index (χ3v) is 2.26. The fourth-order valence-corrected chi connectivity index (χ4v) is 1.66. The predicted octanol–water partition coefficient (Wildman–Crippen LogP) is 2.26. The Labute approximate surface area is 82.4 Å². The highest BCUT2D eigenvalue weighted by atomic mass is 16.1. The molecule has 0 saturated carbocycles. The van der Waals surface area contributed by atoms with E-state index in [0.717, 1.165) is 35.8 Å². The molecule has 0 unspecified atom stereocenters. The number of hydrogen-bond donors (Lipinski definition) is 0. The van der Waals surface area contributed by atoms with Gasteiger partial charge in [0.1, 0.15) is 5.65 Å². The van der Waals surface area contributed by atoms with Crippen molar-refractivity contribution in [3.8, 4) is 0 Å². The maximum Gasteiger partial charge on any atom is 0.152 e. The van der Waals surface area contributed by atoms with Crippen LogP contribution in [0.4, 0.5) is 0 Å². The van der Waals surface area contributed by atoms with Gasteiger partial charge in [0, 0.05) is 29.9 Å². The molecule has 0 radical (unpaired) electrons. The van der Waals surface area contributed by atoms with Crippen LogP contribution in [-0.4, -0.2) is 15.8 Å². The van der Waals surface area contributed by atoms with E-state index < -0.39 is 0 Å². The van der Waals surface area contributed by atoms with Crippen LogP contribution in [0.1, 0.15) is 23.7 Å². The molecule has 72 valence electrons. The quantitative estimate of drug-likeness (QED) is 0.692. The van der Waals surface area contributed by atoms with Crippen LogP contribution in [0.25, 0.3) is 11.0 Å². The second-order valence-corrected chi connectivity index (χ2v) is 3.27. The van der Waals surface area contributed by atoms with Crippen molar-refractivity contribution in [2.75, 3.05) is 0 Å². The summed E-state index contributed by atoms with van der Waals surface area (Å²) in [6, 6.07) is 3.78. The standard InChI is InChI=1S/C11H12N2O/c1-2-6-13-7-9(8-14)10-4-3-5-12-11(10)13/h3-5,7-8H,2,6H2,1H3. The molecule has 2 aromatic heterocycles. The number of nitrogens with zero attached hydrogens (tertiary/aromatic N) is 2. The minimum atomic E-state index is 0.724. The average molecular weight is 188 g/mol. The van der Waals surface area contributed by atoms with Crippen molar-refractivity contribution in [1.29, 1.82) is 0 Å². The largest absolute Gasteiger partial charge is 0.332 e. The molecule has 0 atom stereocenters. The summed E-state index contributed by atoms with van der Waals surface area (Å²) in [7, 11) is 0. The zero-order valence-corrected chi connectivity index (χ0v) is 8.10. The monoisotopic (exact) mass is 188 g/mol. The summed E-state index contributed by atoms with van der Waals surface area (Å²) >= 11 is 0. The first-order chi connectivity index (χ1) is 6.86. The Balaban J connectivity index is 2.66. The molecule has 0 spiro atoms. The highest BCUT2D eigenvalue weighted by Crippen LogP contribution is 2.17. The van der Waals surface area contributed by atoms with Crippen LogP contribution in [0.3, 0.4) is 0 Å². The van der Waals surface area contributed by atoms with E-state index in [4.69, 9.17) is 0 Å². The first-order valence-electron chi connectivity index (χ1n) is 4.76. The van der Waals surface area contributed by atoms with Gasteiger partial charge in [-0.15, -0.1) is 0 Å². The number of hydrogen-bond acceptors (Lipinski definition) is 2. The maximum absolute atomic E-state index is 10.8. The fourth-order valence-electron chi connectivity index (χ4n) is 1.66. The number of carbonyl (C=O) groups excluding carboxylic acids is 1. The molecule has 0 amide bonds. The van der Waals surface area contributed by atoms with Gasteiger partial charge < -0.3 is 4.57 Å². The third-order valence-electron chi connectivity index (χ3n) is 2.26. The minimum Gasteiger partial charge on any atom is -0.332 e. The van der Waals surface area contributed by atoms with E-state index in [1.165, 1.54) is 0 Å². The van der Waals surface area contributed by atoms with Gasteiger partial charge in [-0.2, -0.15) is 0 Å². The average Bonchev–Trinajstić information content (AvgIpc) is 2.58. The first-order valence-corrected chi connectivity index (χ1v) is 4.76. The highest BCUT2D eigenvalue weighted by molar-refractivity contribution is 5.95. The predicted molar refractivity (Wildman–Crippen MR) is 55.4 cm³/mol. The minimum absolute atomic E-state index is 0.724. The fraction of sp³-hybridized carbons (Fsp3) is 0.273. The number of carbonyl (C=O) groups is 1. The van der Waals surface area contributed by atoms with Gasteiger partial charge in [0.2, 0.25) is 0 Å². The van der Waals surface area contributed by atoms with Gasteiger partial charge in [-0.3, -0.25) is 4.79 Å². The van der Waals surface area contributed by atoms with E-state index in [0.29, 0.717) is 0 Å². The molecular weight excluding hydrogens is 176 g/mol. The zero-order chi connectivity index (χ0) is 9.97. The summed E-state index contributed by atoms with van der Waals surface area (Å²) in [6.45, 7) is 3.01. The van der Waals surface area contributed by atoms with Crippen LogP contribution < -0.4 is 0 Å². The molecule has 0 aliphatic carbocycles. The van der Waals surface area contributed by atoms with Crippen LogP contribution in [0, 0.1) is 0 Å². The van der Waals surface area contributed by atoms with Gasteiger partial charge in [0.15, 0.2) is 6.29 Å². The molecule has 3 heteroatoms. The highest BCUT2D eigenvalue weighted by Gasteiger charge is 2.06. The van der Waals surface area contributed by atoms with Crippen molar-refractivity contribution in [2.24, 2.45) is 0 Å². The van der Waals surface area contributed by atoms with Gasteiger partial charge >= 0.3 is 0 Å². The summed E-state index contributed by atoms with van der Waals surface area (Å²) in [6.07, 6.45) is 5.55. The summed E-state index contributed by atoms with van der Waals surface area (Å²) in [5.74, 6) is 0. The van der Waals surface area contributed by atoms with Crippen LogP contribution in [0.2, 0.25) is 0 Å². The summed E-state index contributed by atoms with van der Waals surface area (Å²) < 4.78 is 2.03. The van der Waals surface area contributed by atoms with E-state index in [-0.39, 0.29) is 0 Å². The molecule has 0 aromatic carbocycles. The Morgan fingerprint density at radius 3 is 3.14 bits per heavy atom. The van der Waals surface area contributed by atoms with E-state index in [9.17, 15) is 4.79 Å². The van der Waals surface area contributed by atoms with Gasteiger partial charge in [0.25, 0.3) is 0 Å². The molecule has 2 heterocycles. The zero-order valence-electron chi connectivity index (χ0n) is 8.10. The number of fused-ring (bicyclic) bond motifs is 1. The van der Waals surface area contributed by atoms with Crippen molar-refractivity contribution >= 4 is 17.3 Å². The number of aromatic nitrogens is 2. The van der Waals surface area contributed by atoms with Gasteiger partial charge in [-0.1, -0.05) is 6.92 Å². The molecule has 0 aliphatic rings. The summed E-state index contributed by atoms with van der Waals surface area (Å²) in [4.78, 5) is 15.1. The first kappa shape index (κ1) is 8.94. The number of pyridine rings is 1. The van der Waals surface area contributed by atoms with Crippen LogP contribution >= 0.6 is 0 Å². The Bertz CT molecular complexity index is 459. The molecule has 0 N–H and O–H groups in total. The van der Waals surface area contributed by atoms with Crippen LogP contribution in [0.5, 0.6) is 0 Å². The molecule has 0 bridgehead atoms. The lowest BCUT2D eigenvalue weighted by molar-refractivity contribution is 0.112. The molecule has 0 saturated heterocycles. The maximum atomic E-state index is 10.8. The normalized spacial score (nSPS) is 10.6. The SMILES string of the molecule is CCCn1cc(C=O)c2cccnc21. The van der Waals surface area contributed by atoms with Crippen molar-refractivity contribution in [2.45, 2.75) is 19.9 Å². The smallest absolute Gasteiger partial charge is 0.152 e. The topological polar surface area (TPSA) is 34.9 Å². The van der Waals surface area contributed by atoms with Crippen molar-refractivity contribution in [3.05, 3.63) is 30.1 Å². The third kappa shape index (κ3) is 1.31. The molecule has 0 aliphatic heterocycles. The van der Waals surface area contributed by atoms with Gasteiger partial charge in [-0.05, 0) is 18.6 Å².